The molecule has 0 fully saturated rings. The Morgan fingerprint density at radius 1 is 1.00 bits per heavy atom. The number of methoxy groups -OCH3 is 1. The van der Waals surface area contributed by atoms with Gasteiger partial charge in [-0.15, -0.1) is 0 Å². The first-order valence-electron chi connectivity index (χ1n) is 4.18. The van der Waals surface area contributed by atoms with Crippen molar-refractivity contribution < 1.29 is 9.47 Å². The van der Waals surface area contributed by atoms with Crippen molar-refractivity contribution in [1.82, 2.24) is 0 Å². The van der Waals surface area contributed by atoms with Gasteiger partial charge >= 0.3 is 0 Å². The molecule has 0 aromatic carbocycles. The van der Waals surface area contributed by atoms with Gasteiger partial charge in [0.1, 0.15) is 0 Å². The molecule has 0 aromatic heterocycles. The Balaban J connectivity index is 2.69. The van der Waals surface area contributed by atoms with Crippen LogP contribution in [0.5, 0.6) is 0 Å². The van der Waals surface area contributed by atoms with Gasteiger partial charge in [-0.3, -0.25) is 0 Å². The second-order valence-corrected chi connectivity index (χ2v) is 2.45. The molecule has 0 saturated carbocycles. The minimum Gasteiger partial charge on any atom is -0.382 e. The van der Waals surface area contributed by atoms with E-state index in [1.165, 1.54) is 6.42 Å². The lowest BCUT2D eigenvalue weighted by molar-refractivity contribution is 0.0687. The van der Waals surface area contributed by atoms with Crippen LogP contribution in [0.4, 0.5) is 0 Å². The van der Waals surface area contributed by atoms with Crippen molar-refractivity contribution in [2.75, 3.05) is 33.5 Å². The van der Waals surface area contributed by atoms with Crippen LogP contribution in [-0.4, -0.2) is 33.5 Å². The first-order chi connectivity index (χ1) is 5.41. The van der Waals surface area contributed by atoms with Gasteiger partial charge in [-0.25, -0.2) is 0 Å². The van der Waals surface area contributed by atoms with Crippen LogP contribution < -0.4 is 5.73 Å². The summed E-state index contributed by atoms with van der Waals surface area (Å²) in [6.07, 6.45) is 3.39. The molecular weight excluding hydrogens is 142 g/mol. The maximum Gasteiger partial charge on any atom is 0.0700 e. The largest absolute Gasteiger partial charge is 0.382 e. The summed E-state index contributed by atoms with van der Waals surface area (Å²) in [6.45, 7) is 3.03. The molecule has 0 heterocycles. The van der Waals surface area contributed by atoms with Crippen LogP contribution in [-0.2, 0) is 9.47 Å². The van der Waals surface area contributed by atoms with Crippen LogP contribution in [0.2, 0.25) is 0 Å². The topological polar surface area (TPSA) is 44.5 Å². The van der Waals surface area contributed by atoms with Gasteiger partial charge in [0.2, 0.25) is 0 Å². The molecular formula is C8H19NO2. The Bertz CT molecular complexity index is 61.1. The molecule has 0 aliphatic rings. The van der Waals surface area contributed by atoms with E-state index in [4.69, 9.17) is 15.2 Å². The number of unbranched alkanes of at least 4 members (excludes halogenated alkanes) is 2. The van der Waals surface area contributed by atoms with E-state index in [0.29, 0.717) is 13.2 Å². The van der Waals surface area contributed by atoms with Crippen LogP contribution in [0.1, 0.15) is 19.3 Å². The van der Waals surface area contributed by atoms with Crippen LogP contribution in [0, 0.1) is 0 Å². The molecule has 0 bridgehead atoms. The van der Waals surface area contributed by atoms with Crippen molar-refractivity contribution in [3.8, 4) is 0 Å². The van der Waals surface area contributed by atoms with E-state index in [0.717, 1.165) is 26.0 Å². The van der Waals surface area contributed by atoms with Crippen molar-refractivity contribution in [3.05, 3.63) is 0 Å². The SMILES string of the molecule is COCCOCCCCCN. The summed E-state index contributed by atoms with van der Waals surface area (Å²) in [5, 5.41) is 0. The highest BCUT2D eigenvalue weighted by atomic mass is 16.5. The number of hydrogen-bond donors (Lipinski definition) is 1. The second kappa shape index (κ2) is 9.88. The van der Waals surface area contributed by atoms with Gasteiger partial charge in [0.15, 0.2) is 0 Å². The van der Waals surface area contributed by atoms with E-state index in [1.54, 1.807) is 7.11 Å². The highest BCUT2D eigenvalue weighted by molar-refractivity contribution is 4.41. The van der Waals surface area contributed by atoms with Crippen molar-refractivity contribution >= 4 is 0 Å². The third kappa shape index (κ3) is 9.88. The predicted octanol–water partition coefficient (Wildman–Crippen LogP) is 0.778. The molecule has 3 nitrogen and oxygen atoms in total. The second-order valence-electron chi connectivity index (χ2n) is 2.45. The zero-order valence-electron chi connectivity index (χ0n) is 7.34. The molecule has 11 heavy (non-hydrogen) atoms. The Kier molecular flexibility index (Phi) is 9.77. The van der Waals surface area contributed by atoms with Gasteiger partial charge in [-0.1, -0.05) is 0 Å². The lowest BCUT2D eigenvalue weighted by atomic mass is 10.2. The number of ether oxygens (including phenoxy) is 2. The van der Waals surface area contributed by atoms with Gasteiger partial charge in [-0.2, -0.15) is 0 Å². The average molecular weight is 161 g/mol. The maximum absolute atomic E-state index is 5.33. The minimum absolute atomic E-state index is 0.691. The average Bonchev–Trinajstić information content (AvgIpc) is 2.03. The predicted molar refractivity (Wildman–Crippen MR) is 45.6 cm³/mol. The van der Waals surface area contributed by atoms with E-state index < -0.39 is 0 Å². The van der Waals surface area contributed by atoms with Gasteiger partial charge in [-0.05, 0) is 25.8 Å². The molecule has 0 rings (SSSR count). The fourth-order valence-corrected chi connectivity index (χ4v) is 0.770. The molecule has 0 saturated heterocycles. The quantitative estimate of drug-likeness (QED) is 0.535. The summed E-state index contributed by atoms with van der Waals surface area (Å²) < 4.78 is 10.1. The Morgan fingerprint density at radius 2 is 1.82 bits per heavy atom. The van der Waals surface area contributed by atoms with Crippen LogP contribution in [0.15, 0.2) is 0 Å². The van der Waals surface area contributed by atoms with E-state index in [9.17, 15) is 0 Å². The highest BCUT2D eigenvalue weighted by Crippen LogP contribution is 1.93. The zero-order valence-corrected chi connectivity index (χ0v) is 7.34. The van der Waals surface area contributed by atoms with Crippen LogP contribution >= 0.6 is 0 Å². The van der Waals surface area contributed by atoms with Crippen LogP contribution in [0.25, 0.3) is 0 Å². The molecule has 0 spiro atoms. The highest BCUT2D eigenvalue weighted by Gasteiger charge is 1.88. The molecule has 0 aliphatic carbocycles. The molecule has 0 unspecified atom stereocenters. The first kappa shape index (κ1) is 10.9. The summed E-state index contributed by atoms with van der Waals surface area (Å²) >= 11 is 0. The fraction of sp³-hybridized carbons (Fsp3) is 1.00. The smallest absolute Gasteiger partial charge is 0.0700 e. The Hall–Kier alpha value is -0.120. The number of hydrogen-bond acceptors (Lipinski definition) is 3. The Morgan fingerprint density at radius 3 is 2.45 bits per heavy atom. The normalized spacial score (nSPS) is 10.4. The van der Waals surface area contributed by atoms with E-state index in [2.05, 4.69) is 0 Å². The van der Waals surface area contributed by atoms with Gasteiger partial charge in [0, 0.05) is 13.7 Å². The van der Waals surface area contributed by atoms with Crippen LogP contribution in [0.3, 0.4) is 0 Å². The maximum atomic E-state index is 5.33. The van der Waals surface area contributed by atoms with E-state index >= 15 is 0 Å². The third-order valence-electron chi connectivity index (χ3n) is 1.42. The van der Waals surface area contributed by atoms with E-state index in [-0.39, 0.29) is 0 Å². The number of nitrogens with two attached hydrogens (primary N) is 1. The molecule has 3 heteroatoms. The van der Waals surface area contributed by atoms with Crippen molar-refractivity contribution in [2.24, 2.45) is 5.73 Å². The van der Waals surface area contributed by atoms with Crippen molar-refractivity contribution in [3.63, 3.8) is 0 Å². The third-order valence-corrected chi connectivity index (χ3v) is 1.42. The molecule has 0 radical (unpaired) electrons. The van der Waals surface area contributed by atoms with E-state index in [1.807, 2.05) is 0 Å². The monoisotopic (exact) mass is 161 g/mol. The molecule has 0 aromatic rings. The standard InChI is InChI=1S/C8H19NO2/c1-10-7-8-11-6-4-2-3-5-9/h2-9H2,1H3. The first-order valence-corrected chi connectivity index (χ1v) is 4.18. The molecule has 0 atom stereocenters. The van der Waals surface area contributed by atoms with Gasteiger partial charge in [0.25, 0.3) is 0 Å². The lowest BCUT2D eigenvalue weighted by Gasteiger charge is -2.02. The lowest BCUT2D eigenvalue weighted by Crippen LogP contribution is -2.04. The summed E-state index contributed by atoms with van der Waals surface area (Å²) in [6, 6.07) is 0. The minimum atomic E-state index is 0.691. The zero-order chi connectivity index (χ0) is 8.36. The summed E-state index contributed by atoms with van der Waals surface area (Å²) in [7, 11) is 1.68. The van der Waals surface area contributed by atoms with Gasteiger partial charge in [0.05, 0.1) is 13.2 Å². The number of rotatable bonds is 8. The molecule has 68 valence electrons. The van der Waals surface area contributed by atoms with Crippen molar-refractivity contribution in [2.45, 2.75) is 19.3 Å². The fourth-order valence-electron chi connectivity index (χ4n) is 0.770. The molecule has 0 amide bonds. The molecule has 2 N–H and O–H groups in total. The molecule has 0 aliphatic heterocycles. The van der Waals surface area contributed by atoms with Crippen molar-refractivity contribution in [1.29, 1.82) is 0 Å². The summed E-state index contributed by atoms with van der Waals surface area (Å²) in [5.41, 5.74) is 5.33. The summed E-state index contributed by atoms with van der Waals surface area (Å²) in [5.74, 6) is 0. The summed E-state index contributed by atoms with van der Waals surface area (Å²) in [4.78, 5) is 0. The van der Waals surface area contributed by atoms with Gasteiger partial charge < -0.3 is 15.2 Å². The Labute approximate surface area is 68.9 Å².